The number of aliphatic carboxylic acids is 1. The number of hydrogen-bond donors (Lipinski definition) is 2. The summed E-state index contributed by atoms with van der Waals surface area (Å²) in [5.41, 5.74) is 5.20. The molecule has 2 aliphatic rings. The Morgan fingerprint density at radius 3 is 3.00 bits per heavy atom. The molecule has 110 valence electrons. The van der Waals surface area contributed by atoms with Gasteiger partial charge in [-0.2, -0.15) is 0 Å². The molecular formula is C17H20N2O2. The number of H-pyrrole nitrogens is 1. The van der Waals surface area contributed by atoms with Crippen molar-refractivity contribution < 1.29 is 9.90 Å². The minimum absolute atomic E-state index is 0.256. The van der Waals surface area contributed by atoms with Crippen molar-refractivity contribution in [2.75, 3.05) is 13.6 Å². The number of carboxylic acids is 1. The summed E-state index contributed by atoms with van der Waals surface area (Å²) in [6.07, 6.45) is 1.78. The van der Waals surface area contributed by atoms with E-state index in [1.54, 1.807) is 0 Å². The number of carboxylic acid groups (broad SMARTS) is 1. The van der Waals surface area contributed by atoms with Crippen molar-refractivity contribution in [1.82, 2.24) is 9.88 Å². The Morgan fingerprint density at radius 1 is 1.43 bits per heavy atom. The average Bonchev–Trinajstić information content (AvgIpc) is 2.77. The SMILES string of the molecule is Cc1[nH]c2cccc3c2c1C[C@@H]1[C@@H]3C[C@@H](C(=O)O)CN1C. The van der Waals surface area contributed by atoms with E-state index in [9.17, 15) is 9.90 Å². The number of hydrogen-bond acceptors (Lipinski definition) is 2. The maximum Gasteiger partial charge on any atom is 0.307 e. The highest BCUT2D eigenvalue weighted by atomic mass is 16.4. The first-order chi connectivity index (χ1) is 10.1. The number of likely N-dealkylation sites (tertiary alicyclic amines) is 1. The lowest BCUT2D eigenvalue weighted by atomic mass is 9.72. The number of benzene rings is 1. The van der Waals surface area contributed by atoms with Crippen molar-refractivity contribution in [2.24, 2.45) is 5.92 Å². The normalized spacial score (nSPS) is 28.6. The number of nitrogens with one attached hydrogen (secondary N) is 1. The summed E-state index contributed by atoms with van der Waals surface area (Å²) in [6, 6.07) is 6.82. The molecule has 2 aromatic rings. The predicted molar refractivity (Wildman–Crippen MR) is 81.6 cm³/mol. The monoisotopic (exact) mass is 284 g/mol. The summed E-state index contributed by atoms with van der Waals surface area (Å²) >= 11 is 0. The zero-order valence-corrected chi connectivity index (χ0v) is 12.4. The zero-order chi connectivity index (χ0) is 14.7. The van der Waals surface area contributed by atoms with Crippen LogP contribution in [0.25, 0.3) is 10.9 Å². The van der Waals surface area contributed by atoms with Gasteiger partial charge in [-0.3, -0.25) is 4.79 Å². The van der Waals surface area contributed by atoms with Crippen LogP contribution < -0.4 is 0 Å². The lowest BCUT2D eigenvalue weighted by Crippen LogP contribution is -2.49. The van der Waals surface area contributed by atoms with Crippen molar-refractivity contribution >= 4 is 16.9 Å². The second kappa shape index (κ2) is 4.34. The van der Waals surface area contributed by atoms with E-state index < -0.39 is 5.97 Å². The smallest absolute Gasteiger partial charge is 0.307 e. The summed E-state index contributed by atoms with van der Waals surface area (Å²) in [4.78, 5) is 17.2. The minimum atomic E-state index is -0.663. The van der Waals surface area contributed by atoms with Gasteiger partial charge in [0.05, 0.1) is 5.92 Å². The number of aryl methyl sites for hydroxylation is 1. The van der Waals surface area contributed by atoms with Crippen LogP contribution in [-0.4, -0.2) is 40.6 Å². The van der Waals surface area contributed by atoms with Gasteiger partial charge in [0, 0.05) is 35.1 Å². The van der Waals surface area contributed by atoms with Crippen LogP contribution in [0.15, 0.2) is 18.2 Å². The number of rotatable bonds is 1. The summed E-state index contributed by atoms with van der Waals surface area (Å²) in [5.74, 6) is -0.590. The molecule has 0 radical (unpaired) electrons. The van der Waals surface area contributed by atoms with Crippen LogP contribution in [0.3, 0.4) is 0 Å². The van der Waals surface area contributed by atoms with Crippen molar-refractivity contribution in [3.05, 3.63) is 35.0 Å². The summed E-state index contributed by atoms with van der Waals surface area (Å²) in [6.45, 7) is 2.80. The lowest BCUT2D eigenvalue weighted by molar-refractivity contribution is -0.144. The fourth-order valence-corrected chi connectivity index (χ4v) is 4.39. The van der Waals surface area contributed by atoms with Gasteiger partial charge < -0.3 is 15.0 Å². The highest BCUT2D eigenvalue weighted by Gasteiger charge is 2.41. The first kappa shape index (κ1) is 12.9. The number of nitrogens with zero attached hydrogens (tertiary/aromatic N) is 1. The van der Waals surface area contributed by atoms with E-state index in [0.29, 0.717) is 18.5 Å². The van der Waals surface area contributed by atoms with Crippen LogP contribution in [0.4, 0.5) is 0 Å². The topological polar surface area (TPSA) is 56.3 Å². The second-order valence-electron chi connectivity index (χ2n) is 6.59. The average molecular weight is 284 g/mol. The third-order valence-corrected chi connectivity index (χ3v) is 5.41. The van der Waals surface area contributed by atoms with Gasteiger partial charge in [-0.25, -0.2) is 0 Å². The molecule has 0 saturated carbocycles. The molecule has 2 N–H and O–H groups in total. The van der Waals surface area contributed by atoms with Crippen LogP contribution in [0, 0.1) is 12.8 Å². The van der Waals surface area contributed by atoms with Gasteiger partial charge in [0.2, 0.25) is 0 Å². The number of aromatic nitrogens is 1. The quantitative estimate of drug-likeness (QED) is 0.846. The van der Waals surface area contributed by atoms with Crippen LogP contribution in [-0.2, 0) is 11.2 Å². The third kappa shape index (κ3) is 1.75. The maximum atomic E-state index is 11.4. The Labute approximate surface area is 123 Å². The number of aromatic amines is 1. The Bertz CT molecular complexity index is 734. The van der Waals surface area contributed by atoms with Crippen LogP contribution in [0.1, 0.15) is 29.2 Å². The van der Waals surface area contributed by atoms with Gasteiger partial charge in [-0.15, -0.1) is 0 Å². The van der Waals surface area contributed by atoms with Crippen LogP contribution in [0.5, 0.6) is 0 Å². The Kier molecular flexibility index (Phi) is 2.67. The Balaban J connectivity index is 1.88. The highest BCUT2D eigenvalue weighted by Crippen LogP contribution is 2.45. The van der Waals surface area contributed by atoms with Gasteiger partial charge in [-0.1, -0.05) is 12.1 Å². The Hall–Kier alpha value is -1.81. The minimum Gasteiger partial charge on any atom is -0.481 e. The molecule has 0 bridgehead atoms. The number of fused-ring (bicyclic) bond motifs is 2. The summed E-state index contributed by atoms with van der Waals surface area (Å²) < 4.78 is 0. The molecule has 2 heterocycles. The standard InChI is InChI=1S/C17H20N2O2/c1-9-12-7-15-13(6-10(17(20)21)8-19(15)2)11-4-3-5-14(18-9)16(11)12/h3-5,10,13,15,18H,6-8H2,1-2H3,(H,20,21)/t10-,13-,15-/m1/s1. The molecule has 1 aliphatic carbocycles. The Morgan fingerprint density at radius 2 is 2.24 bits per heavy atom. The third-order valence-electron chi connectivity index (χ3n) is 5.41. The molecule has 1 aromatic carbocycles. The first-order valence-corrected chi connectivity index (χ1v) is 7.59. The van der Waals surface area contributed by atoms with E-state index >= 15 is 0 Å². The number of carbonyl (C=O) groups is 1. The molecule has 3 atom stereocenters. The molecule has 4 nitrogen and oxygen atoms in total. The fourth-order valence-electron chi connectivity index (χ4n) is 4.39. The molecule has 1 aliphatic heterocycles. The fraction of sp³-hybridized carbons (Fsp3) is 0.471. The highest BCUT2D eigenvalue weighted by molar-refractivity contribution is 5.89. The molecule has 0 amide bonds. The predicted octanol–water partition coefficient (Wildman–Crippen LogP) is 2.52. The number of likely N-dealkylation sites (N-methyl/N-ethyl adjacent to an activating group) is 1. The molecule has 1 saturated heterocycles. The van der Waals surface area contributed by atoms with Crippen molar-refractivity contribution in [2.45, 2.75) is 31.7 Å². The largest absolute Gasteiger partial charge is 0.481 e. The van der Waals surface area contributed by atoms with E-state index in [4.69, 9.17) is 0 Å². The lowest BCUT2D eigenvalue weighted by Gasteiger charge is -2.44. The molecule has 1 aromatic heterocycles. The van der Waals surface area contributed by atoms with Crippen molar-refractivity contribution in [3.8, 4) is 0 Å². The molecule has 21 heavy (non-hydrogen) atoms. The molecule has 0 unspecified atom stereocenters. The summed E-state index contributed by atoms with van der Waals surface area (Å²) in [5, 5.41) is 10.8. The summed E-state index contributed by atoms with van der Waals surface area (Å²) in [7, 11) is 2.07. The maximum absolute atomic E-state index is 11.4. The van der Waals surface area contributed by atoms with E-state index in [2.05, 4.69) is 42.1 Å². The van der Waals surface area contributed by atoms with E-state index in [0.717, 1.165) is 12.8 Å². The van der Waals surface area contributed by atoms with E-state index in [1.807, 2.05) is 0 Å². The molecular weight excluding hydrogens is 264 g/mol. The number of piperidine rings is 1. The van der Waals surface area contributed by atoms with Gasteiger partial charge >= 0.3 is 5.97 Å². The van der Waals surface area contributed by atoms with Gasteiger partial charge in [0.15, 0.2) is 0 Å². The van der Waals surface area contributed by atoms with Crippen LogP contribution >= 0.6 is 0 Å². The van der Waals surface area contributed by atoms with Gasteiger partial charge in [0.25, 0.3) is 0 Å². The molecule has 4 rings (SSSR count). The van der Waals surface area contributed by atoms with Crippen molar-refractivity contribution in [1.29, 1.82) is 0 Å². The molecule has 4 heteroatoms. The first-order valence-electron chi connectivity index (χ1n) is 7.59. The second-order valence-corrected chi connectivity index (χ2v) is 6.59. The molecule has 0 spiro atoms. The van der Waals surface area contributed by atoms with Crippen molar-refractivity contribution in [3.63, 3.8) is 0 Å². The van der Waals surface area contributed by atoms with Gasteiger partial charge in [0.1, 0.15) is 0 Å². The zero-order valence-electron chi connectivity index (χ0n) is 12.4. The van der Waals surface area contributed by atoms with Crippen LogP contribution in [0.2, 0.25) is 0 Å². The molecule has 1 fully saturated rings. The van der Waals surface area contributed by atoms with E-state index in [-0.39, 0.29) is 5.92 Å². The van der Waals surface area contributed by atoms with Gasteiger partial charge in [-0.05, 0) is 44.0 Å². The van der Waals surface area contributed by atoms with E-state index in [1.165, 1.54) is 27.7 Å².